The molecule has 0 aliphatic rings. The Morgan fingerprint density at radius 2 is 1.89 bits per heavy atom. The van der Waals surface area contributed by atoms with Gasteiger partial charge in [0.2, 0.25) is 0 Å². The molecule has 1 amide bonds. The summed E-state index contributed by atoms with van der Waals surface area (Å²) in [5.41, 5.74) is -0.145. The average Bonchev–Trinajstić information content (AvgIpc) is 2.65. The molecule has 0 saturated carbocycles. The van der Waals surface area contributed by atoms with Crippen molar-refractivity contribution in [2.45, 2.75) is 38.8 Å². The molecule has 0 aliphatic carbocycles. The van der Waals surface area contributed by atoms with E-state index in [1.54, 1.807) is 0 Å². The number of nitrogens with one attached hydrogen (secondary N) is 2. The molecule has 0 saturated heterocycles. The molecule has 8 nitrogen and oxygen atoms in total. The molecule has 0 aliphatic heterocycles. The highest BCUT2D eigenvalue weighted by Gasteiger charge is 2.19. The lowest BCUT2D eigenvalue weighted by Gasteiger charge is -2.18. The molecule has 2 aromatic rings. The number of benzene rings is 1. The zero-order chi connectivity index (χ0) is 19.8. The van der Waals surface area contributed by atoms with Crippen LogP contribution in [0.3, 0.4) is 0 Å². The van der Waals surface area contributed by atoms with E-state index in [9.17, 15) is 19.2 Å². The Balaban J connectivity index is 1.86. The van der Waals surface area contributed by atoms with Crippen LogP contribution < -0.4 is 16.6 Å². The van der Waals surface area contributed by atoms with Crippen LogP contribution in [0, 0.1) is 0 Å². The second-order valence-corrected chi connectivity index (χ2v) is 6.13. The van der Waals surface area contributed by atoms with Crippen LogP contribution in [0.4, 0.5) is 0 Å². The third kappa shape index (κ3) is 5.95. The van der Waals surface area contributed by atoms with Crippen molar-refractivity contribution in [2.24, 2.45) is 0 Å². The van der Waals surface area contributed by atoms with Gasteiger partial charge in [0, 0.05) is 24.7 Å². The number of rotatable bonds is 8. The minimum Gasteiger partial charge on any atom is -0.451 e. The predicted molar refractivity (Wildman–Crippen MR) is 99.4 cm³/mol. The van der Waals surface area contributed by atoms with E-state index in [4.69, 9.17) is 4.74 Å². The molecule has 0 bridgehead atoms. The third-order valence-corrected chi connectivity index (χ3v) is 4.16. The first-order chi connectivity index (χ1) is 12.9. The molecule has 2 atom stereocenters. The number of carbonyl (C=O) groups is 2. The molecular formula is C19H23N3O5. The van der Waals surface area contributed by atoms with Gasteiger partial charge in [0.15, 0.2) is 6.10 Å². The number of aromatic amines is 1. The Morgan fingerprint density at radius 1 is 1.19 bits per heavy atom. The monoisotopic (exact) mass is 373 g/mol. The van der Waals surface area contributed by atoms with E-state index >= 15 is 0 Å². The van der Waals surface area contributed by atoms with Gasteiger partial charge in [0.05, 0.1) is 0 Å². The lowest BCUT2D eigenvalue weighted by molar-refractivity contribution is -0.155. The van der Waals surface area contributed by atoms with E-state index in [-0.39, 0.29) is 5.92 Å². The first-order valence-corrected chi connectivity index (χ1v) is 8.72. The normalized spacial score (nSPS) is 12.8. The first kappa shape index (κ1) is 20.2. The van der Waals surface area contributed by atoms with Crippen molar-refractivity contribution in [1.82, 2.24) is 14.9 Å². The van der Waals surface area contributed by atoms with E-state index in [0.29, 0.717) is 6.54 Å². The van der Waals surface area contributed by atoms with Crippen LogP contribution in [0.1, 0.15) is 31.7 Å². The summed E-state index contributed by atoms with van der Waals surface area (Å²) in [7, 11) is 0. The molecule has 1 aromatic heterocycles. The Hall–Kier alpha value is -3.16. The number of aromatic nitrogens is 2. The number of hydrogen-bond donors (Lipinski definition) is 2. The van der Waals surface area contributed by atoms with Gasteiger partial charge in [-0.1, -0.05) is 37.3 Å². The molecule has 0 unspecified atom stereocenters. The summed E-state index contributed by atoms with van der Waals surface area (Å²) in [6.45, 7) is 3.54. The number of esters is 1. The molecule has 0 radical (unpaired) electrons. The van der Waals surface area contributed by atoms with Crippen molar-refractivity contribution in [3.8, 4) is 0 Å². The summed E-state index contributed by atoms with van der Waals surface area (Å²) >= 11 is 0. The number of nitrogens with zero attached hydrogens (tertiary/aromatic N) is 1. The zero-order valence-corrected chi connectivity index (χ0v) is 15.3. The number of hydrogen-bond acceptors (Lipinski definition) is 5. The molecule has 0 spiro atoms. The summed E-state index contributed by atoms with van der Waals surface area (Å²) < 4.78 is 6.07. The van der Waals surface area contributed by atoms with Crippen molar-refractivity contribution in [1.29, 1.82) is 0 Å². The quantitative estimate of drug-likeness (QED) is 0.665. The molecular weight excluding hydrogens is 350 g/mol. The van der Waals surface area contributed by atoms with E-state index in [1.807, 2.05) is 42.2 Å². The van der Waals surface area contributed by atoms with Gasteiger partial charge < -0.3 is 10.1 Å². The van der Waals surface area contributed by atoms with Crippen LogP contribution in [-0.2, 0) is 20.9 Å². The summed E-state index contributed by atoms with van der Waals surface area (Å²) in [6, 6.07) is 11.0. The molecule has 8 heteroatoms. The molecule has 1 heterocycles. The molecule has 144 valence electrons. The van der Waals surface area contributed by atoms with Crippen LogP contribution in [0.2, 0.25) is 0 Å². The van der Waals surface area contributed by atoms with Gasteiger partial charge in [-0.15, -0.1) is 0 Å². The lowest BCUT2D eigenvalue weighted by atomic mass is 9.96. The van der Waals surface area contributed by atoms with E-state index in [1.165, 1.54) is 13.1 Å². The highest BCUT2D eigenvalue weighted by Crippen LogP contribution is 2.17. The maximum Gasteiger partial charge on any atom is 0.328 e. The van der Waals surface area contributed by atoms with Gasteiger partial charge in [0.1, 0.15) is 6.54 Å². The SMILES string of the molecule is CC[C@@H](CNC(=O)[C@H](C)OC(=O)Cn1ccc(=O)[nH]c1=O)c1ccccc1. The smallest absolute Gasteiger partial charge is 0.328 e. The van der Waals surface area contributed by atoms with Crippen LogP contribution in [0.5, 0.6) is 0 Å². The molecule has 0 fully saturated rings. The molecule has 1 aromatic carbocycles. The topological polar surface area (TPSA) is 110 Å². The summed E-state index contributed by atoms with van der Waals surface area (Å²) in [6.07, 6.45) is 1.05. The summed E-state index contributed by atoms with van der Waals surface area (Å²) in [5, 5.41) is 2.79. The zero-order valence-electron chi connectivity index (χ0n) is 15.3. The van der Waals surface area contributed by atoms with Gasteiger partial charge >= 0.3 is 11.7 Å². The van der Waals surface area contributed by atoms with Crippen LogP contribution in [-0.4, -0.2) is 34.1 Å². The van der Waals surface area contributed by atoms with E-state index in [0.717, 1.165) is 22.6 Å². The Morgan fingerprint density at radius 3 is 2.52 bits per heavy atom. The van der Waals surface area contributed by atoms with Gasteiger partial charge in [0.25, 0.3) is 11.5 Å². The molecule has 2 N–H and O–H groups in total. The number of amides is 1. The van der Waals surface area contributed by atoms with Crippen LogP contribution in [0.25, 0.3) is 0 Å². The van der Waals surface area contributed by atoms with Crippen LogP contribution in [0.15, 0.2) is 52.2 Å². The summed E-state index contributed by atoms with van der Waals surface area (Å²) in [4.78, 5) is 48.7. The van der Waals surface area contributed by atoms with Crippen LogP contribution >= 0.6 is 0 Å². The largest absolute Gasteiger partial charge is 0.451 e. The minimum absolute atomic E-state index is 0.165. The van der Waals surface area contributed by atoms with Gasteiger partial charge in [-0.3, -0.25) is 23.9 Å². The van der Waals surface area contributed by atoms with Crippen molar-refractivity contribution in [3.05, 3.63) is 69.0 Å². The number of H-pyrrole nitrogens is 1. The Labute approximate surface area is 156 Å². The number of ether oxygens (including phenoxy) is 1. The van der Waals surface area contributed by atoms with E-state index in [2.05, 4.69) is 5.32 Å². The fraction of sp³-hybridized carbons (Fsp3) is 0.368. The summed E-state index contributed by atoms with van der Waals surface area (Å²) in [5.74, 6) is -0.994. The minimum atomic E-state index is -0.996. The number of carbonyl (C=O) groups excluding carboxylic acids is 2. The maximum absolute atomic E-state index is 12.2. The standard InChI is InChI=1S/C19H23N3O5/c1-3-14(15-7-5-4-6-8-15)11-20-18(25)13(2)27-17(24)12-22-10-9-16(23)21-19(22)26/h4-10,13-14H,3,11-12H2,1-2H3,(H,20,25)(H,21,23,26)/t13-,14-/m0/s1. The van der Waals surface area contributed by atoms with Crippen molar-refractivity contribution in [3.63, 3.8) is 0 Å². The van der Waals surface area contributed by atoms with Crippen molar-refractivity contribution >= 4 is 11.9 Å². The van der Waals surface area contributed by atoms with E-state index < -0.39 is 35.8 Å². The average molecular weight is 373 g/mol. The molecule has 27 heavy (non-hydrogen) atoms. The van der Waals surface area contributed by atoms with Gasteiger partial charge in [-0.2, -0.15) is 0 Å². The van der Waals surface area contributed by atoms with Gasteiger partial charge in [-0.05, 0) is 18.9 Å². The molecule has 2 rings (SSSR count). The van der Waals surface area contributed by atoms with Crippen molar-refractivity contribution < 1.29 is 14.3 Å². The van der Waals surface area contributed by atoms with Gasteiger partial charge in [-0.25, -0.2) is 4.79 Å². The fourth-order valence-electron chi connectivity index (χ4n) is 2.59. The second kappa shape index (κ2) is 9.51. The first-order valence-electron chi connectivity index (χ1n) is 8.72. The second-order valence-electron chi connectivity index (χ2n) is 6.13. The third-order valence-electron chi connectivity index (χ3n) is 4.16. The highest BCUT2D eigenvalue weighted by atomic mass is 16.5. The lowest BCUT2D eigenvalue weighted by Crippen LogP contribution is -2.39. The maximum atomic E-state index is 12.2. The van der Waals surface area contributed by atoms with Crippen molar-refractivity contribution in [2.75, 3.05) is 6.54 Å². The highest BCUT2D eigenvalue weighted by molar-refractivity contribution is 5.83. The predicted octanol–water partition coefficient (Wildman–Crippen LogP) is 0.778. The Kier molecular flexibility index (Phi) is 7.10. The fourth-order valence-corrected chi connectivity index (χ4v) is 2.59. The Bertz CT molecular complexity index is 888.